The fourth-order valence-corrected chi connectivity index (χ4v) is 5.46. The van der Waals surface area contributed by atoms with Gasteiger partial charge in [0.1, 0.15) is 15.5 Å². The van der Waals surface area contributed by atoms with E-state index in [1.807, 2.05) is 0 Å². The highest BCUT2D eigenvalue weighted by molar-refractivity contribution is 7.20. The van der Waals surface area contributed by atoms with Gasteiger partial charge in [-0.25, -0.2) is 9.78 Å². The second-order valence-corrected chi connectivity index (χ2v) is 9.22. The van der Waals surface area contributed by atoms with Gasteiger partial charge in [0.05, 0.1) is 17.9 Å². The second kappa shape index (κ2) is 9.01. The molecule has 2 aliphatic heterocycles. The van der Waals surface area contributed by atoms with E-state index in [1.165, 1.54) is 0 Å². The zero-order valence-corrected chi connectivity index (χ0v) is 19.3. The minimum atomic E-state index is -0.967. The SMILES string of the molecule is CCOC(=O)C1CCN(C(=O)[C@@H](C)OC(=O)c2sc3nc4n(c(=O)c3c2C)CCC4)CC1. The summed E-state index contributed by atoms with van der Waals surface area (Å²) < 4.78 is 12.2. The third-order valence-electron chi connectivity index (χ3n) is 6.16. The van der Waals surface area contributed by atoms with Gasteiger partial charge in [-0.3, -0.25) is 19.0 Å². The maximum Gasteiger partial charge on any atom is 0.349 e. The molecule has 4 heterocycles. The van der Waals surface area contributed by atoms with Gasteiger partial charge in [-0.2, -0.15) is 0 Å². The average molecular weight is 462 g/mol. The number of likely N-dealkylation sites (tertiary alicyclic amines) is 1. The van der Waals surface area contributed by atoms with Crippen LogP contribution in [0.1, 0.15) is 54.2 Å². The number of rotatable bonds is 5. The van der Waals surface area contributed by atoms with Crippen LogP contribution < -0.4 is 5.56 Å². The Morgan fingerprint density at radius 3 is 2.62 bits per heavy atom. The van der Waals surface area contributed by atoms with Crippen molar-refractivity contribution >= 4 is 39.4 Å². The molecule has 172 valence electrons. The van der Waals surface area contributed by atoms with Crippen LogP contribution in [0.5, 0.6) is 0 Å². The van der Waals surface area contributed by atoms with Gasteiger partial charge in [0.15, 0.2) is 6.10 Å². The minimum Gasteiger partial charge on any atom is -0.466 e. The topological polar surface area (TPSA) is 108 Å². The number of carbonyl (C=O) groups is 3. The van der Waals surface area contributed by atoms with Crippen LogP contribution in [0.25, 0.3) is 10.2 Å². The van der Waals surface area contributed by atoms with Crippen LogP contribution in [-0.4, -0.2) is 58.1 Å². The number of amides is 1. The van der Waals surface area contributed by atoms with E-state index in [0.29, 0.717) is 59.7 Å². The van der Waals surface area contributed by atoms with Crippen molar-refractivity contribution in [3.05, 3.63) is 26.6 Å². The first kappa shape index (κ1) is 22.4. The number of carbonyl (C=O) groups excluding carboxylic acids is 3. The molecule has 0 bridgehead atoms. The number of hydrogen-bond donors (Lipinski definition) is 0. The molecule has 2 aromatic heterocycles. The summed E-state index contributed by atoms with van der Waals surface area (Å²) in [5.74, 6) is -0.603. The summed E-state index contributed by atoms with van der Waals surface area (Å²) in [6.45, 7) is 6.84. The average Bonchev–Trinajstić information content (AvgIpc) is 3.38. The molecule has 4 rings (SSSR count). The van der Waals surface area contributed by atoms with Gasteiger partial charge in [0, 0.05) is 26.1 Å². The number of thiophene rings is 1. The Labute approximate surface area is 189 Å². The number of aromatic nitrogens is 2. The Hall–Kier alpha value is -2.75. The van der Waals surface area contributed by atoms with Crippen LogP contribution in [0.2, 0.25) is 0 Å². The summed E-state index contributed by atoms with van der Waals surface area (Å²) in [7, 11) is 0. The van der Waals surface area contributed by atoms with Crippen LogP contribution in [0.15, 0.2) is 4.79 Å². The Balaban J connectivity index is 1.43. The Bertz CT molecular complexity index is 1130. The Morgan fingerprint density at radius 2 is 1.94 bits per heavy atom. The van der Waals surface area contributed by atoms with Crippen molar-refractivity contribution in [2.45, 2.75) is 59.1 Å². The molecule has 0 spiro atoms. The fourth-order valence-electron chi connectivity index (χ4n) is 4.39. The number of aryl methyl sites for hydroxylation is 2. The van der Waals surface area contributed by atoms with E-state index in [-0.39, 0.29) is 23.4 Å². The Morgan fingerprint density at radius 1 is 1.22 bits per heavy atom. The standard InChI is InChI=1S/C22H27N3O6S/c1-4-30-21(28)14-7-10-24(11-8-14)19(26)13(3)31-22(29)17-12(2)16-18(32-17)23-15-6-5-9-25(15)20(16)27/h13-14H,4-11H2,1-3H3/t13-/m1/s1. The lowest BCUT2D eigenvalue weighted by atomic mass is 9.97. The lowest BCUT2D eigenvalue weighted by Crippen LogP contribution is -2.45. The number of hydrogen-bond acceptors (Lipinski definition) is 8. The van der Waals surface area contributed by atoms with Crippen LogP contribution in [-0.2, 0) is 32.0 Å². The number of fused-ring (bicyclic) bond motifs is 2. The molecule has 1 atom stereocenters. The number of nitrogens with zero attached hydrogens (tertiary/aromatic N) is 3. The zero-order valence-electron chi connectivity index (χ0n) is 18.5. The lowest BCUT2D eigenvalue weighted by molar-refractivity contribution is -0.152. The normalized spacial score (nSPS) is 17.3. The van der Waals surface area contributed by atoms with Crippen LogP contribution in [0, 0.1) is 12.8 Å². The Kier molecular flexibility index (Phi) is 6.32. The molecule has 32 heavy (non-hydrogen) atoms. The quantitative estimate of drug-likeness (QED) is 0.627. The molecule has 0 unspecified atom stereocenters. The van der Waals surface area contributed by atoms with Crippen molar-refractivity contribution in [3.63, 3.8) is 0 Å². The second-order valence-electron chi connectivity index (χ2n) is 8.22. The van der Waals surface area contributed by atoms with E-state index in [0.717, 1.165) is 30.0 Å². The zero-order chi connectivity index (χ0) is 23.0. The van der Waals surface area contributed by atoms with E-state index in [9.17, 15) is 19.2 Å². The third-order valence-corrected chi connectivity index (χ3v) is 7.32. The molecule has 0 aliphatic carbocycles. The summed E-state index contributed by atoms with van der Waals surface area (Å²) in [6, 6.07) is 0. The van der Waals surface area contributed by atoms with Crippen LogP contribution >= 0.6 is 11.3 Å². The monoisotopic (exact) mass is 461 g/mol. The van der Waals surface area contributed by atoms with Gasteiger partial charge in [0.2, 0.25) is 0 Å². The molecular formula is C22H27N3O6S. The first-order chi connectivity index (χ1) is 15.3. The molecule has 0 aromatic carbocycles. The van der Waals surface area contributed by atoms with Gasteiger partial charge in [-0.1, -0.05) is 0 Å². The predicted octanol–water partition coefficient (Wildman–Crippen LogP) is 2.06. The van der Waals surface area contributed by atoms with E-state index < -0.39 is 12.1 Å². The van der Waals surface area contributed by atoms with Gasteiger partial charge < -0.3 is 14.4 Å². The molecule has 1 amide bonds. The summed E-state index contributed by atoms with van der Waals surface area (Å²) in [5.41, 5.74) is 0.425. The molecule has 0 N–H and O–H groups in total. The first-order valence-corrected chi connectivity index (χ1v) is 11.8. The predicted molar refractivity (Wildman–Crippen MR) is 118 cm³/mol. The van der Waals surface area contributed by atoms with E-state index in [4.69, 9.17) is 9.47 Å². The highest BCUT2D eigenvalue weighted by atomic mass is 32.1. The smallest absolute Gasteiger partial charge is 0.349 e. The molecule has 10 heteroatoms. The van der Waals surface area contributed by atoms with E-state index in [1.54, 1.807) is 30.2 Å². The first-order valence-electron chi connectivity index (χ1n) is 11.0. The number of piperidine rings is 1. The van der Waals surface area contributed by atoms with E-state index in [2.05, 4.69) is 4.98 Å². The van der Waals surface area contributed by atoms with Crippen molar-refractivity contribution in [2.75, 3.05) is 19.7 Å². The van der Waals surface area contributed by atoms with Gasteiger partial charge >= 0.3 is 11.9 Å². The van der Waals surface area contributed by atoms with Crippen LogP contribution in [0.3, 0.4) is 0 Å². The van der Waals surface area contributed by atoms with Crippen molar-refractivity contribution < 1.29 is 23.9 Å². The highest BCUT2D eigenvalue weighted by Crippen LogP contribution is 2.29. The molecule has 1 fully saturated rings. The number of ether oxygens (including phenoxy) is 2. The molecular weight excluding hydrogens is 434 g/mol. The maximum atomic E-state index is 12.8. The lowest BCUT2D eigenvalue weighted by Gasteiger charge is -2.32. The van der Waals surface area contributed by atoms with Gasteiger partial charge in [0.25, 0.3) is 11.5 Å². The summed E-state index contributed by atoms with van der Waals surface area (Å²) in [4.78, 5) is 57.3. The molecule has 0 saturated carbocycles. The molecule has 9 nitrogen and oxygen atoms in total. The third kappa shape index (κ3) is 4.03. The summed E-state index contributed by atoms with van der Waals surface area (Å²) >= 11 is 1.13. The maximum absolute atomic E-state index is 12.8. The fraction of sp³-hybridized carbons (Fsp3) is 0.591. The molecule has 1 saturated heterocycles. The number of esters is 2. The summed E-state index contributed by atoms with van der Waals surface area (Å²) in [5, 5.41) is 0.451. The minimum absolute atomic E-state index is 0.121. The van der Waals surface area contributed by atoms with Crippen molar-refractivity contribution in [3.8, 4) is 0 Å². The van der Waals surface area contributed by atoms with Crippen molar-refractivity contribution in [1.29, 1.82) is 0 Å². The van der Waals surface area contributed by atoms with E-state index >= 15 is 0 Å². The molecule has 2 aliphatic rings. The summed E-state index contributed by atoms with van der Waals surface area (Å²) in [6.07, 6.45) is 1.73. The van der Waals surface area contributed by atoms with Crippen LogP contribution in [0.4, 0.5) is 0 Å². The largest absolute Gasteiger partial charge is 0.466 e. The van der Waals surface area contributed by atoms with Gasteiger partial charge in [-0.05, 0) is 45.6 Å². The van der Waals surface area contributed by atoms with Crippen molar-refractivity contribution in [1.82, 2.24) is 14.5 Å². The molecule has 0 radical (unpaired) electrons. The van der Waals surface area contributed by atoms with Gasteiger partial charge in [-0.15, -0.1) is 11.3 Å². The molecule has 2 aromatic rings. The van der Waals surface area contributed by atoms with Crippen molar-refractivity contribution in [2.24, 2.45) is 5.92 Å². The highest BCUT2D eigenvalue weighted by Gasteiger charge is 2.32.